The van der Waals surface area contributed by atoms with Crippen LogP contribution in [0.25, 0.3) is 0 Å². The van der Waals surface area contributed by atoms with E-state index in [9.17, 15) is 4.79 Å². The van der Waals surface area contributed by atoms with Crippen molar-refractivity contribution >= 4 is 16.8 Å². The molecule has 0 saturated heterocycles. The minimum absolute atomic E-state index is 0.129. The Morgan fingerprint density at radius 3 is 2.65 bits per heavy atom. The van der Waals surface area contributed by atoms with Crippen LogP contribution in [0.1, 0.15) is 25.8 Å². The first-order valence-corrected chi connectivity index (χ1v) is 5.96. The topological polar surface area (TPSA) is 35.5 Å². The first kappa shape index (κ1) is 13.8. The molecule has 3 nitrogen and oxygen atoms in total. The standard InChI is InChI=1S/C13H17ClO3/c1-4-9(2)17-11-6-5-10(8-13(14)15)7-12(11)16-3/h5-7,9H,4,8H2,1-3H3/t9-/m1/s1. The summed E-state index contributed by atoms with van der Waals surface area (Å²) in [5.41, 5.74) is 0.818. The van der Waals surface area contributed by atoms with Gasteiger partial charge < -0.3 is 9.47 Å². The van der Waals surface area contributed by atoms with Crippen LogP contribution in [0.3, 0.4) is 0 Å². The lowest BCUT2D eigenvalue weighted by atomic mass is 10.1. The van der Waals surface area contributed by atoms with Gasteiger partial charge in [0.25, 0.3) is 0 Å². The summed E-state index contributed by atoms with van der Waals surface area (Å²) in [7, 11) is 1.57. The van der Waals surface area contributed by atoms with E-state index in [1.807, 2.05) is 13.0 Å². The zero-order valence-electron chi connectivity index (χ0n) is 10.3. The molecule has 0 fully saturated rings. The van der Waals surface area contributed by atoms with Crippen LogP contribution in [-0.4, -0.2) is 18.5 Å². The van der Waals surface area contributed by atoms with Crippen LogP contribution < -0.4 is 9.47 Å². The Balaban J connectivity index is 2.88. The maximum atomic E-state index is 10.8. The highest BCUT2D eigenvalue weighted by Gasteiger charge is 2.10. The van der Waals surface area contributed by atoms with Crippen molar-refractivity contribution in [3.05, 3.63) is 23.8 Å². The Labute approximate surface area is 107 Å². The fourth-order valence-corrected chi connectivity index (χ4v) is 1.53. The molecule has 0 radical (unpaired) electrons. The van der Waals surface area contributed by atoms with Gasteiger partial charge in [-0.15, -0.1) is 0 Å². The summed E-state index contributed by atoms with van der Waals surface area (Å²) in [5.74, 6) is 1.31. The lowest BCUT2D eigenvalue weighted by molar-refractivity contribution is -0.111. The molecule has 0 unspecified atom stereocenters. The first-order chi connectivity index (χ1) is 8.06. The average Bonchev–Trinajstić information content (AvgIpc) is 2.30. The summed E-state index contributed by atoms with van der Waals surface area (Å²) < 4.78 is 10.9. The van der Waals surface area contributed by atoms with E-state index in [2.05, 4.69) is 6.92 Å². The zero-order chi connectivity index (χ0) is 12.8. The summed E-state index contributed by atoms with van der Waals surface area (Å²) in [4.78, 5) is 10.8. The third-order valence-corrected chi connectivity index (χ3v) is 2.61. The third kappa shape index (κ3) is 4.27. The highest BCUT2D eigenvalue weighted by atomic mass is 35.5. The van der Waals surface area contributed by atoms with Crippen LogP contribution in [0, 0.1) is 0 Å². The van der Waals surface area contributed by atoms with E-state index in [4.69, 9.17) is 21.1 Å². The van der Waals surface area contributed by atoms with Gasteiger partial charge in [-0.2, -0.15) is 0 Å². The number of carbonyl (C=O) groups is 1. The molecule has 1 aromatic carbocycles. The summed E-state index contributed by atoms with van der Waals surface area (Å²) in [6, 6.07) is 5.40. The van der Waals surface area contributed by atoms with Gasteiger partial charge in [-0.05, 0) is 42.6 Å². The third-order valence-electron chi connectivity index (χ3n) is 2.47. The van der Waals surface area contributed by atoms with Crippen molar-refractivity contribution in [1.29, 1.82) is 0 Å². The van der Waals surface area contributed by atoms with Gasteiger partial charge in [0, 0.05) is 6.42 Å². The van der Waals surface area contributed by atoms with Gasteiger partial charge in [0.15, 0.2) is 11.5 Å². The molecule has 0 spiro atoms. The molecule has 0 bridgehead atoms. The van der Waals surface area contributed by atoms with Crippen molar-refractivity contribution in [2.45, 2.75) is 32.8 Å². The molecule has 0 N–H and O–H groups in total. The lowest BCUT2D eigenvalue weighted by Gasteiger charge is -2.16. The van der Waals surface area contributed by atoms with E-state index in [1.165, 1.54) is 0 Å². The van der Waals surface area contributed by atoms with E-state index in [-0.39, 0.29) is 17.8 Å². The van der Waals surface area contributed by atoms with E-state index in [1.54, 1.807) is 19.2 Å². The molecular formula is C13H17ClO3. The fourth-order valence-electron chi connectivity index (χ4n) is 1.38. The van der Waals surface area contributed by atoms with E-state index in [0.717, 1.165) is 12.0 Å². The second kappa shape index (κ2) is 6.50. The first-order valence-electron chi connectivity index (χ1n) is 5.58. The molecule has 1 aromatic rings. The molecule has 0 heterocycles. The van der Waals surface area contributed by atoms with Crippen LogP contribution in [0.4, 0.5) is 0 Å². The molecule has 94 valence electrons. The minimum Gasteiger partial charge on any atom is -0.493 e. The molecule has 1 atom stereocenters. The van der Waals surface area contributed by atoms with Gasteiger partial charge in [0.05, 0.1) is 13.2 Å². The van der Waals surface area contributed by atoms with Crippen LogP contribution >= 0.6 is 11.6 Å². The lowest BCUT2D eigenvalue weighted by Crippen LogP contribution is -2.10. The predicted octanol–water partition coefficient (Wildman–Crippen LogP) is 3.18. The largest absolute Gasteiger partial charge is 0.493 e. The van der Waals surface area contributed by atoms with Gasteiger partial charge in [-0.3, -0.25) is 4.79 Å². The molecule has 4 heteroatoms. The van der Waals surface area contributed by atoms with E-state index >= 15 is 0 Å². The maximum Gasteiger partial charge on any atom is 0.226 e. The summed E-state index contributed by atoms with van der Waals surface area (Å²) >= 11 is 5.34. The smallest absolute Gasteiger partial charge is 0.226 e. The Bertz CT molecular complexity index is 390. The number of methoxy groups -OCH3 is 1. The number of benzene rings is 1. The quantitative estimate of drug-likeness (QED) is 0.734. The highest BCUT2D eigenvalue weighted by molar-refractivity contribution is 6.63. The number of hydrogen-bond acceptors (Lipinski definition) is 3. The number of hydrogen-bond donors (Lipinski definition) is 0. The summed E-state index contributed by atoms with van der Waals surface area (Å²) in [6.45, 7) is 4.05. The number of ether oxygens (including phenoxy) is 2. The van der Waals surface area contributed by atoms with Crippen LogP contribution in [0.2, 0.25) is 0 Å². The summed E-state index contributed by atoms with van der Waals surface area (Å²) in [5, 5.41) is -0.386. The maximum absolute atomic E-state index is 10.8. The molecular weight excluding hydrogens is 240 g/mol. The SMILES string of the molecule is CC[C@@H](C)Oc1ccc(CC(=O)Cl)cc1OC. The van der Waals surface area contributed by atoms with Crippen LogP contribution in [0.15, 0.2) is 18.2 Å². The molecule has 17 heavy (non-hydrogen) atoms. The molecule has 0 aromatic heterocycles. The van der Waals surface area contributed by atoms with Crippen molar-refractivity contribution in [1.82, 2.24) is 0 Å². The predicted molar refractivity (Wildman–Crippen MR) is 67.9 cm³/mol. The number of halogens is 1. The van der Waals surface area contributed by atoms with Gasteiger partial charge in [-0.1, -0.05) is 13.0 Å². The highest BCUT2D eigenvalue weighted by Crippen LogP contribution is 2.29. The van der Waals surface area contributed by atoms with Gasteiger partial charge in [0.1, 0.15) is 0 Å². The Morgan fingerprint density at radius 1 is 1.41 bits per heavy atom. The summed E-state index contributed by atoms with van der Waals surface area (Å²) in [6.07, 6.45) is 1.25. The van der Waals surface area contributed by atoms with Gasteiger partial charge in [0.2, 0.25) is 5.24 Å². The van der Waals surface area contributed by atoms with Crippen molar-refractivity contribution in [3.8, 4) is 11.5 Å². The van der Waals surface area contributed by atoms with Crippen molar-refractivity contribution in [2.24, 2.45) is 0 Å². The van der Waals surface area contributed by atoms with Crippen LogP contribution in [-0.2, 0) is 11.2 Å². The monoisotopic (exact) mass is 256 g/mol. The number of carbonyl (C=O) groups excluding carboxylic acids is 1. The molecule has 0 aliphatic carbocycles. The zero-order valence-corrected chi connectivity index (χ0v) is 11.1. The number of rotatable bonds is 6. The second-order valence-corrected chi connectivity index (χ2v) is 4.28. The fraction of sp³-hybridized carbons (Fsp3) is 0.462. The van der Waals surface area contributed by atoms with E-state index in [0.29, 0.717) is 11.5 Å². The Kier molecular flexibility index (Phi) is 5.29. The minimum atomic E-state index is -0.386. The molecule has 1 rings (SSSR count). The van der Waals surface area contributed by atoms with Crippen LogP contribution in [0.5, 0.6) is 11.5 Å². The normalized spacial score (nSPS) is 12.0. The van der Waals surface area contributed by atoms with Gasteiger partial charge in [-0.25, -0.2) is 0 Å². The average molecular weight is 257 g/mol. The van der Waals surface area contributed by atoms with Crippen molar-refractivity contribution in [3.63, 3.8) is 0 Å². The molecule has 0 saturated carbocycles. The second-order valence-electron chi connectivity index (χ2n) is 3.85. The molecule has 0 aliphatic heterocycles. The Morgan fingerprint density at radius 2 is 2.12 bits per heavy atom. The molecule has 0 aliphatic rings. The van der Waals surface area contributed by atoms with Crippen molar-refractivity contribution in [2.75, 3.05) is 7.11 Å². The Hall–Kier alpha value is -1.22. The van der Waals surface area contributed by atoms with Crippen molar-refractivity contribution < 1.29 is 14.3 Å². The van der Waals surface area contributed by atoms with Gasteiger partial charge >= 0.3 is 0 Å². The molecule has 0 amide bonds. The van der Waals surface area contributed by atoms with E-state index < -0.39 is 0 Å².